The van der Waals surface area contributed by atoms with Crippen molar-refractivity contribution in [3.05, 3.63) is 35.4 Å². The molecular formula is C12H16F3N. The molecule has 0 aliphatic carbocycles. The van der Waals surface area contributed by atoms with Gasteiger partial charge in [-0.25, -0.2) is 0 Å². The maximum Gasteiger partial charge on any atom is 0.396 e. The van der Waals surface area contributed by atoms with Crippen molar-refractivity contribution in [3.63, 3.8) is 0 Å². The van der Waals surface area contributed by atoms with Crippen molar-refractivity contribution in [1.29, 1.82) is 0 Å². The van der Waals surface area contributed by atoms with Crippen molar-refractivity contribution in [2.75, 3.05) is 6.54 Å². The van der Waals surface area contributed by atoms with Gasteiger partial charge < -0.3 is 5.73 Å². The number of halogens is 3. The largest absolute Gasteiger partial charge is 0.396 e. The minimum absolute atomic E-state index is 0.236. The number of alkyl halides is 3. The molecular weight excluding hydrogens is 215 g/mol. The van der Waals surface area contributed by atoms with Crippen LogP contribution >= 0.6 is 0 Å². The van der Waals surface area contributed by atoms with E-state index in [-0.39, 0.29) is 5.56 Å². The van der Waals surface area contributed by atoms with E-state index in [1.807, 2.05) is 13.8 Å². The van der Waals surface area contributed by atoms with E-state index in [9.17, 15) is 13.2 Å². The van der Waals surface area contributed by atoms with Gasteiger partial charge in [0.2, 0.25) is 0 Å². The van der Waals surface area contributed by atoms with Crippen LogP contribution in [-0.4, -0.2) is 12.7 Å². The Bertz CT molecular complexity index is 327. The Balaban J connectivity index is 2.96. The molecule has 1 rings (SSSR count). The normalized spacial score (nSPS) is 14.2. The van der Waals surface area contributed by atoms with Gasteiger partial charge in [0.15, 0.2) is 0 Å². The molecule has 0 saturated carbocycles. The first-order valence-corrected chi connectivity index (χ1v) is 5.23. The SMILES string of the molecule is CC(C)c1ccc(C(CN)C(F)(F)F)cc1. The Kier molecular flexibility index (Phi) is 3.97. The summed E-state index contributed by atoms with van der Waals surface area (Å²) >= 11 is 0. The van der Waals surface area contributed by atoms with Crippen molar-refractivity contribution in [2.24, 2.45) is 5.73 Å². The standard InChI is InChI=1S/C12H16F3N/c1-8(2)9-3-5-10(6-4-9)11(7-16)12(13,14)15/h3-6,8,11H,7,16H2,1-2H3. The van der Waals surface area contributed by atoms with Crippen LogP contribution in [0.2, 0.25) is 0 Å². The lowest BCUT2D eigenvalue weighted by Crippen LogP contribution is -2.27. The summed E-state index contributed by atoms with van der Waals surface area (Å²) in [5.74, 6) is -1.25. The van der Waals surface area contributed by atoms with Gasteiger partial charge in [-0.2, -0.15) is 13.2 Å². The fourth-order valence-electron chi connectivity index (χ4n) is 1.57. The van der Waals surface area contributed by atoms with Crippen LogP contribution in [0, 0.1) is 0 Å². The second kappa shape index (κ2) is 4.87. The molecule has 1 nitrogen and oxygen atoms in total. The average molecular weight is 231 g/mol. The van der Waals surface area contributed by atoms with E-state index in [0.29, 0.717) is 5.92 Å². The monoisotopic (exact) mass is 231 g/mol. The Morgan fingerprint density at radius 2 is 1.50 bits per heavy atom. The quantitative estimate of drug-likeness (QED) is 0.847. The zero-order valence-electron chi connectivity index (χ0n) is 9.38. The van der Waals surface area contributed by atoms with Gasteiger partial charge in [-0.05, 0) is 17.0 Å². The molecule has 0 amide bonds. The molecule has 0 saturated heterocycles. The van der Waals surface area contributed by atoms with E-state index < -0.39 is 18.6 Å². The van der Waals surface area contributed by atoms with E-state index in [0.717, 1.165) is 5.56 Å². The van der Waals surface area contributed by atoms with Crippen LogP contribution < -0.4 is 5.73 Å². The Morgan fingerprint density at radius 3 is 1.81 bits per heavy atom. The van der Waals surface area contributed by atoms with Gasteiger partial charge in [-0.1, -0.05) is 38.1 Å². The molecule has 0 aliphatic rings. The van der Waals surface area contributed by atoms with Gasteiger partial charge >= 0.3 is 6.18 Å². The molecule has 4 heteroatoms. The van der Waals surface area contributed by atoms with Gasteiger partial charge in [0.05, 0.1) is 5.92 Å². The first kappa shape index (κ1) is 13.0. The summed E-state index contributed by atoms with van der Waals surface area (Å²) in [6.07, 6.45) is -4.27. The molecule has 90 valence electrons. The van der Waals surface area contributed by atoms with Gasteiger partial charge in [0, 0.05) is 6.54 Å². The summed E-state index contributed by atoms with van der Waals surface area (Å²) in [7, 11) is 0. The first-order chi connectivity index (χ1) is 7.36. The number of hydrogen-bond donors (Lipinski definition) is 1. The highest BCUT2D eigenvalue weighted by molar-refractivity contribution is 5.28. The third-order valence-corrected chi connectivity index (χ3v) is 2.64. The molecule has 0 aromatic heterocycles. The highest BCUT2D eigenvalue weighted by atomic mass is 19.4. The minimum Gasteiger partial charge on any atom is -0.330 e. The Labute approximate surface area is 93.5 Å². The van der Waals surface area contributed by atoms with Crippen LogP contribution in [0.1, 0.15) is 36.8 Å². The third-order valence-electron chi connectivity index (χ3n) is 2.64. The van der Waals surface area contributed by atoms with Gasteiger partial charge in [0.1, 0.15) is 0 Å². The molecule has 1 aromatic rings. The summed E-state index contributed by atoms with van der Waals surface area (Å²) in [5, 5.41) is 0. The van der Waals surface area contributed by atoms with Crippen LogP contribution in [0.3, 0.4) is 0 Å². The third kappa shape index (κ3) is 2.98. The van der Waals surface area contributed by atoms with Gasteiger partial charge in [0.25, 0.3) is 0 Å². The second-order valence-corrected chi connectivity index (χ2v) is 4.15. The van der Waals surface area contributed by atoms with E-state index >= 15 is 0 Å². The molecule has 0 spiro atoms. The van der Waals surface area contributed by atoms with Crippen LogP contribution in [0.4, 0.5) is 13.2 Å². The predicted molar refractivity (Wildman–Crippen MR) is 58.4 cm³/mol. The van der Waals surface area contributed by atoms with Crippen molar-refractivity contribution in [1.82, 2.24) is 0 Å². The summed E-state index contributed by atoms with van der Waals surface area (Å²) in [6, 6.07) is 6.49. The van der Waals surface area contributed by atoms with E-state index in [2.05, 4.69) is 0 Å². The lowest BCUT2D eigenvalue weighted by Gasteiger charge is -2.19. The molecule has 0 fully saturated rings. The summed E-state index contributed by atoms with van der Waals surface area (Å²) in [6.45, 7) is 3.59. The smallest absolute Gasteiger partial charge is 0.330 e. The molecule has 0 bridgehead atoms. The molecule has 1 aromatic carbocycles. The van der Waals surface area contributed by atoms with Crippen molar-refractivity contribution in [3.8, 4) is 0 Å². The summed E-state index contributed by atoms with van der Waals surface area (Å²) in [5.41, 5.74) is 6.43. The number of rotatable bonds is 3. The highest BCUT2D eigenvalue weighted by Crippen LogP contribution is 2.34. The first-order valence-electron chi connectivity index (χ1n) is 5.23. The number of nitrogens with two attached hydrogens (primary N) is 1. The molecule has 0 aliphatic heterocycles. The van der Waals surface area contributed by atoms with E-state index in [1.165, 1.54) is 12.1 Å². The van der Waals surface area contributed by atoms with Crippen LogP contribution in [-0.2, 0) is 0 Å². The zero-order chi connectivity index (χ0) is 12.3. The van der Waals surface area contributed by atoms with Crippen LogP contribution in [0.25, 0.3) is 0 Å². The summed E-state index contributed by atoms with van der Waals surface area (Å²) < 4.78 is 37.8. The van der Waals surface area contributed by atoms with Crippen molar-refractivity contribution >= 4 is 0 Å². The van der Waals surface area contributed by atoms with Crippen molar-refractivity contribution < 1.29 is 13.2 Å². The van der Waals surface area contributed by atoms with E-state index in [4.69, 9.17) is 5.73 Å². The molecule has 1 atom stereocenters. The topological polar surface area (TPSA) is 26.0 Å². The Morgan fingerprint density at radius 1 is 1.06 bits per heavy atom. The predicted octanol–water partition coefficient (Wildman–Crippen LogP) is 3.41. The number of hydrogen-bond acceptors (Lipinski definition) is 1. The maximum absolute atomic E-state index is 12.6. The van der Waals surface area contributed by atoms with Crippen molar-refractivity contribution in [2.45, 2.75) is 31.9 Å². The molecule has 0 heterocycles. The van der Waals surface area contributed by atoms with Crippen LogP contribution in [0.15, 0.2) is 24.3 Å². The molecule has 16 heavy (non-hydrogen) atoms. The number of benzene rings is 1. The second-order valence-electron chi connectivity index (χ2n) is 4.15. The van der Waals surface area contributed by atoms with Gasteiger partial charge in [-0.3, -0.25) is 0 Å². The molecule has 2 N–H and O–H groups in total. The lowest BCUT2D eigenvalue weighted by molar-refractivity contribution is -0.148. The fraction of sp³-hybridized carbons (Fsp3) is 0.500. The minimum atomic E-state index is -4.27. The Hall–Kier alpha value is -1.03. The summed E-state index contributed by atoms with van der Waals surface area (Å²) in [4.78, 5) is 0. The molecule has 0 radical (unpaired) electrons. The molecule has 1 unspecified atom stereocenters. The van der Waals surface area contributed by atoms with Gasteiger partial charge in [-0.15, -0.1) is 0 Å². The zero-order valence-corrected chi connectivity index (χ0v) is 9.38. The maximum atomic E-state index is 12.6. The van der Waals surface area contributed by atoms with Crippen LogP contribution in [0.5, 0.6) is 0 Å². The average Bonchev–Trinajstić information content (AvgIpc) is 2.17. The fourth-order valence-corrected chi connectivity index (χ4v) is 1.57. The van der Waals surface area contributed by atoms with E-state index in [1.54, 1.807) is 12.1 Å². The highest BCUT2D eigenvalue weighted by Gasteiger charge is 2.39. The lowest BCUT2D eigenvalue weighted by atomic mass is 9.95.